The summed E-state index contributed by atoms with van der Waals surface area (Å²) in [6.07, 6.45) is 4.27. The number of hydrogen-bond donors (Lipinski definition) is 0. The van der Waals surface area contributed by atoms with Crippen molar-refractivity contribution in [2.45, 2.75) is 39.0 Å². The van der Waals surface area contributed by atoms with Crippen LogP contribution in [0.5, 0.6) is 0 Å². The van der Waals surface area contributed by atoms with Gasteiger partial charge in [-0.15, -0.1) is 0 Å². The zero-order valence-corrected chi connectivity index (χ0v) is 13.9. The molecule has 0 fully saturated rings. The fraction of sp³-hybridized carbons (Fsp3) is 0.333. The molecule has 0 aliphatic heterocycles. The smallest absolute Gasteiger partial charge is 0.160 e. The second-order valence-electron chi connectivity index (χ2n) is 6.46. The van der Waals surface area contributed by atoms with Crippen molar-refractivity contribution in [2.24, 2.45) is 5.92 Å². The van der Waals surface area contributed by atoms with Crippen molar-refractivity contribution in [1.29, 1.82) is 0 Å². The first-order chi connectivity index (χ1) is 12.0. The number of halogens is 4. The van der Waals surface area contributed by atoms with Crippen molar-refractivity contribution >= 4 is 0 Å². The minimum absolute atomic E-state index is 0.165. The highest BCUT2D eigenvalue weighted by atomic mass is 19.2. The van der Waals surface area contributed by atoms with Gasteiger partial charge in [-0.05, 0) is 60.6 Å². The Kier molecular flexibility index (Phi) is 5.13. The van der Waals surface area contributed by atoms with Crippen LogP contribution in [0.2, 0.25) is 0 Å². The molecule has 25 heavy (non-hydrogen) atoms. The average Bonchev–Trinajstić information content (AvgIpc) is 2.58. The van der Waals surface area contributed by atoms with Crippen LogP contribution in [-0.2, 0) is 12.8 Å². The van der Waals surface area contributed by atoms with E-state index in [4.69, 9.17) is 0 Å². The summed E-state index contributed by atoms with van der Waals surface area (Å²) >= 11 is 0. The second kappa shape index (κ2) is 7.31. The third-order valence-electron chi connectivity index (χ3n) is 4.67. The van der Waals surface area contributed by atoms with Crippen molar-refractivity contribution in [3.8, 4) is 11.8 Å². The van der Waals surface area contributed by atoms with Gasteiger partial charge < -0.3 is 0 Å². The maximum atomic E-state index is 14.7. The molecule has 0 bridgehead atoms. The van der Waals surface area contributed by atoms with Crippen LogP contribution in [0.25, 0.3) is 0 Å². The maximum Gasteiger partial charge on any atom is 0.160 e. The van der Waals surface area contributed by atoms with Gasteiger partial charge in [0.2, 0.25) is 0 Å². The van der Waals surface area contributed by atoms with E-state index in [2.05, 4.69) is 18.8 Å². The molecule has 0 nitrogen and oxygen atoms in total. The Morgan fingerprint density at radius 2 is 1.80 bits per heavy atom. The zero-order valence-electron chi connectivity index (χ0n) is 13.9. The van der Waals surface area contributed by atoms with Crippen LogP contribution in [0.1, 0.15) is 48.4 Å². The molecular weight excluding hydrogens is 328 g/mol. The molecule has 0 amide bonds. The molecule has 2 aromatic carbocycles. The molecule has 4 heteroatoms. The van der Waals surface area contributed by atoms with E-state index in [1.54, 1.807) is 0 Å². The van der Waals surface area contributed by atoms with E-state index in [0.717, 1.165) is 37.0 Å². The van der Waals surface area contributed by atoms with E-state index in [0.29, 0.717) is 24.3 Å². The van der Waals surface area contributed by atoms with Crippen LogP contribution in [0.3, 0.4) is 0 Å². The lowest BCUT2D eigenvalue weighted by atomic mass is 9.81. The molecule has 0 spiro atoms. The lowest BCUT2D eigenvalue weighted by Gasteiger charge is -2.25. The van der Waals surface area contributed by atoms with Crippen molar-refractivity contribution in [3.63, 3.8) is 0 Å². The van der Waals surface area contributed by atoms with Crippen LogP contribution in [0.4, 0.5) is 17.6 Å². The summed E-state index contributed by atoms with van der Waals surface area (Å²) in [5.74, 6) is 2.06. The summed E-state index contributed by atoms with van der Waals surface area (Å²) in [7, 11) is 0. The molecule has 130 valence electrons. The number of rotatable bonds is 2. The molecule has 1 unspecified atom stereocenters. The summed E-state index contributed by atoms with van der Waals surface area (Å²) in [6, 6.07) is 4.49. The van der Waals surface area contributed by atoms with Gasteiger partial charge in [0.15, 0.2) is 11.6 Å². The van der Waals surface area contributed by atoms with Crippen molar-refractivity contribution in [2.75, 3.05) is 0 Å². The van der Waals surface area contributed by atoms with Gasteiger partial charge in [-0.3, -0.25) is 0 Å². The lowest BCUT2D eigenvalue weighted by Crippen LogP contribution is -2.17. The monoisotopic (exact) mass is 346 g/mol. The largest absolute Gasteiger partial charge is 0.206 e. The summed E-state index contributed by atoms with van der Waals surface area (Å²) in [5.41, 5.74) is 1.11. The molecule has 0 aromatic heterocycles. The van der Waals surface area contributed by atoms with E-state index in [1.807, 2.05) is 0 Å². The van der Waals surface area contributed by atoms with E-state index in [-0.39, 0.29) is 11.1 Å². The molecule has 1 aliphatic carbocycles. The molecule has 0 radical (unpaired) electrons. The number of hydrogen-bond acceptors (Lipinski definition) is 0. The van der Waals surface area contributed by atoms with Crippen LogP contribution in [-0.4, -0.2) is 0 Å². The predicted octanol–water partition coefficient (Wildman–Crippen LogP) is 5.55. The molecule has 0 N–H and O–H groups in total. The Labute approximate surface area is 144 Å². The standard InChI is InChI=1S/C21H18F4/c1-2-3-13-4-7-16-15(10-13)12-19(23)17(21(16)25)8-5-14-6-9-18(22)20(24)11-14/h6,9,11-13H,2-4,7,10H2,1H3. The first-order valence-corrected chi connectivity index (χ1v) is 8.46. The molecule has 0 heterocycles. The predicted molar refractivity (Wildman–Crippen MR) is 89.1 cm³/mol. The van der Waals surface area contributed by atoms with Gasteiger partial charge in [0.05, 0.1) is 5.56 Å². The van der Waals surface area contributed by atoms with Crippen LogP contribution < -0.4 is 0 Å². The van der Waals surface area contributed by atoms with Gasteiger partial charge in [0.1, 0.15) is 11.6 Å². The Hall–Kier alpha value is -2.28. The van der Waals surface area contributed by atoms with E-state index in [9.17, 15) is 17.6 Å². The average molecular weight is 346 g/mol. The molecule has 0 saturated carbocycles. The molecule has 1 aliphatic rings. The third kappa shape index (κ3) is 3.71. The molecule has 1 atom stereocenters. The molecule has 3 rings (SSSR count). The fourth-order valence-electron chi connectivity index (χ4n) is 3.40. The Bertz CT molecular complexity index is 858. The van der Waals surface area contributed by atoms with Crippen LogP contribution in [0.15, 0.2) is 24.3 Å². The van der Waals surface area contributed by atoms with Crippen molar-refractivity contribution < 1.29 is 17.6 Å². The van der Waals surface area contributed by atoms with Gasteiger partial charge in [0.25, 0.3) is 0 Å². The van der Waals surface area contributed by atoms with Gasteiger partial charge in [0, 0.05) is 5.56 Å². The second-order valence-corrected chi connectivity index (χ2v) is 6.46. The molecular formula is C21H18F4. The highest BCUT2D eigenvalue weighted by Gasteiger charge is 2.24. The van der Waals surface area contributed by atoms with Gasteiger partial charge in [-0.2, -0.15) is 0 Å². The molecule has 0 saturated heterocycles. The highest BCUT2D eigenvalue weighted by Crippen LogP contribution is 2.32. The summed E-state index contributed by atoms with van der Waals surface area (Å²) in [4.78, 5) is 0. The summed E-state index contributed by atoms with van der Waals surface area (Å²) < 4.78 is 55.1. The lowest BCUT2D eigenvalue weighted by molar-refractivity contribution is 0.411. The SMILES string of the molecule is CCCC1CCc2c(cc(F)c(C#Cc3ccc(F)c(F)c3)c2F)C1. The normalized spacial score (nSPS) is 16.1. The highest BCUT2D eigenvalue weighted by molar-refractivity contribution is 5.48. The Balaban J connectivity index is 1.94. The first-order valence-electron chi connectivity index (χ1n) is 8.46. The Morgan fingerprint density at radius 3 is 2.52 bits per heavy atom. The van der Waals surface area contributed by atoms with Crippen molar-refractivity contribution in [3.05, 3.63) is 69.8 Å². The van der Waals surface area contributed by atoms with Crippen LogP contribution >= 0.6 is 0 Å². The molecule has 2 aromatic rings. The Morgan fingerprint density at radius 1 is 1.00 bits per heavy atom. The van der Waals surface area contributed by atoms with E-state index < -0.39 is 23.3 Å². The third-order valence-corrected chi connectivity index (χ3v) is 4.67. The minimum Gasteiger partial charge on any atom is -0.206 e. The van der Waals surface area contributed by atoms with Crippen LogP contribution in [0, 0.1) is 41.0 Å². The topological polar surface area (TPSA) is 0 Å². The van der Waals surface area contributed by atoms with Gasteiger partial charge in [-0.1, -0.05) is 31.6 Å². The summed E-state index contributed by atoms with van der Waals surface area (Å²) in [6.45, 7) is 2.10. The number of fused-ring (bicyclic) bond motifs is 1. The van der Waals surface area contributed by atoms with E-state index in [1.165, 1.54) is 12.1 Å². The fourth-order valence-corrected chi connectivity index (χ4v) is 3.40. The van der Waals surface area contributed by atoms with Gasteiger partial charge >= 0.3 is 0 Å². The van der Waals surface area contributed by atoms with Crippen molar-refractivity contribution in [1.82, 2.24) is 0 Å². The minimum atomic E-state index is -1.04. The quantitative estimate of drug-likeness (QED) is 0.494. The van der Waals surface area contributed by atoms with Gasteiger partial charge in [-0.25, -0.2) is 17.6 Å². The maximum absolute atomic E-state index is 14.7. The zero-order chi connectivity index (χ0) is 18.0. The number of benzene rings is 2. The summed E-state index contributed by atoms with van der Waals surface area (Å²) in [5, 5.41) is 0. The first kappa shape index (κ1) is 17.5. The van der Waals surface area contributed by atoms with E-state index >= 15 is 0 Å².